The number of hydrogen-bond acceptors (Lipinski definition) is 4. The Bertz CT molecular complexity index is 815. The second kappa shape index (κ2) is 10.1. The van der Waals surface area contributed by atoms with E-state index in [1.54, 1.807) is 4.90 Å². The van der Waals surface area contributed by atoms with Crippen molar-refractivity contribution in [1.29, 1.82) is 0 Å². The maximum atomic E-state index is 12.5. The summed E-state index contributed by atoms with van der Waals surface area (Å²) in [6.07, 6.45) is 0. The van der Waals surface area contributed by atoms with Gasteiger partial charge in [-0.1, -0.05) is 44.2 Å². The molecule has 1 heterocycles. The normalized spacial score (nSPS) is 14.7. The van der Waals surface area contributed by atoms with Crippen LogP contribution < -0.4 is 10.1 Å². The fraction of sp³-hybridized carbons (Fsp3) is 0.391. The molecule has 1 aliphatic heterocycles. The second-order valence-corrected chi connectivity index (χ2v) is 7.59. The van der Waals surface area contributed by atoms with E-state index in [0.29, 0.717) is 38.6 Å². The van der Waals surface area contributed by atoms with Gasteiger partial charge in [0.1, 0.15) is 5.75 Å². The lowest BCUT2D eigenvalue weighted by Gasteiger charge is -2.34. The Morgan fingerprint density at radius 2 is 1.72 bits per heavy atom. The number of amides is 2. The zero-order valence-corrected chi connectivity index (χ0v) is 17.1. The van der Waals surface area contributed by atoms with Gasteiger partial charge in [0.2, 0.25) is 5.91 Å². The average Bonchev–Trinajstić information content (AvgIpc) is 2.73. The van der Waals surface area contributed by atoms with Crippen LogP contribution in [-0.2, 0) is 9.59 Å². The molecule has 0 unspecified atom stereocenters. The minimum atomic E-state index is -0.0376. The van der Waals surface area contributed by atoms with Gasteiger partial charge in [0.05, 0.1) is 6.54 Å². The highest BCUT2D eigenvalue weighted by atomic mass is 16.5. The van der Waals surface area contributed by atoms with Gasteiger partial charge >= 0.3 is 0 Å². The summed E-state index contributed by atoms with van der Waals surface area (Å²) in [6.45, 7) is 7.19. The fourth-order valence-corrected chi connectivity index (χ4v) is 3.28. The molecule has 1 fully saturated rings. The summed E-state index contributed by atoms with van der Waals surface area (Å²) in [7, 11) is 0. The van der Waals surface area contributed by atoms with Crippen LogP contribution in [0.2, 0.25) is 0 Å². The molecule has 0 spiro atoms. The van der Waals surface area contributed by atoms with Crippen LogP contribution in [-0.4, -0.2) is 60.9 Å². The van der Waals surface area contributed by atoms with E-state index >= 15 is 0 Å². The molecule has 0 aromatic heterocycles. The molecule has 1 saturated heterocycles. The van der Waals surface area contributed by atoms with E-state index in [2.05, 4.69) is 30.1 Å². The molecule has 29 heavy (non-hydrogen) atoms. The lowest BCUT2D eigenvalue weighted by atomic mass is 10.0. The molecule has 1 aliphatic rings. The number of rotatable bonds is 7. The molecule has 0 saturated carbocycles. The quantitative estimate of drug-likeness (QED) is 0.783. The van der Waals surface area contributed by atoms with Crippen molar-refractivity contribution in [3.63, 3.8) is 0 Å². The highest BCUT2D eigenvalue weighted by Gasteiger charge is 2.22. The Labute approximate surface area is 172 Å². The summed E-state index contributed by atoms with van der Waals surface area (Å²) in [4.78, 5) is 28.5. The Kier molecular flexibility index (Phi) is 7.25. The van der Waals surface area contributed by atoms with Gasteiger partial charge in [-0.3, -0.25) is 14.5 Å². The Morgan fingerprint density at radius 3 is 2.41 bits per heavy atom. The van der Waals surface area contributed by atoms with E-state index in [9.17, 15) is 9.59 Å². The topological polar surface area (TPSA) is 61.9 Å². The molecule has 0 aliphatic carbocycles. The third-order valence-electron chi connectivity index (χ3n) is 5.04. The van der Waals surface area contributed by atoms with Gasteiger partial charge in [0, 0.05) is 31.9 Å². The van der Waals surface area contributed by atoms with Crippen molar-refractivity contribution in [2.24, 2.45) is 0 Å². The first-order chi connectivity index (χ1) is 14.0. The van der Waals surface area contributed by atoms with Crippen molar-refractivity contribution in [3.05, 3.63) is 60.2 Å². The first kappa shape index (κ1) is 20.9. The third kappa shape index (κ3) is 6.32. The van der Waals surface area contributed by atoms with Crippen LogP contribution in [0.5, 0.6) is 5.75 Å². The first-order valence-electron chi connectivity index (χ1n) is 10.1. The Morgan fingerprint density at radius 1 is 1.00 bits per heavy atom. The van der Waals surface area contributed by atoms with E-state index in [1.807, 2.05) is 48.5 Å². The molecule has 154 valence electrons. The zero-order chi connectivity index (χ0) is 20.6. The summed E-state index contributed by atoms with van der Waals surface area (Å²) in [6, 6.07) is 17.3. The number of ether oxygens (including phenoxy) is 1. The molecule has 1 N–H and O–H groups in total. The van der Waals surface area contributed by atoms with Crippen molar-refractivity contribution < 1.29 is 14.3 Å². The van der Waals surface area contributed by atoms with E-state index in [4.69, 9.17) is 4.74 Å². The number of benzene rings is 2. The monoisotopic (exact) mass is 395 g/mol. The number of hydrogen-bond donors (Lipinski definition) is 1. The summed E-state index contributed by atoms with van der Waals surface area (Å²) < 4.78 is 5.70. The Hall–Kier alpha value is -2.86. The smallest absolute Gasteiger partial charge is 0.260 e. The standard InChI is InChI=1S/C23H29N3O3/c1-18(2)19-7-6-10-21(15-19)29-17-23(28)26-13-11-25(12-14-26)16-22(27)24-20-8-4-3-5-9-20/h3-10,15,18H,11-14,16-17H2,1-2H3,(H,24,27). The number of anilines is 1. The summed E-state index contributed by atoms with van der Waals surface area (Å²) in [5, 5.41) is 2.89. The van der Waals surface area contributed by atoms with Crippen LogP contribution in [0, 0.1) is 0 Å². The van der Waals surface area contributed by atoms with Crippen LogP contribution >= 0.6 is 0 Å². The minimum absolute atomic E-state index is 0.0201. The summed E-state index contributed by atoms with van der Waals surface area (Å²) in [5.41, 5.74) is 1.99. The van der Waals surface area contributed by atoms with Crippen LogP contribution in [0.1, 0.15) is 25.3 Å². The lowest BCUT2D eigenvalue weighted by molar-refractivity contribution is -0.135. The van der Waals surface area contributed by atoms with Gasteiger partial charge in [-0.25, -0.2) is 0 Å². The van der Waals surface area contributed by atoms with E-state index in [-0.39, 0.29) is 18.4 Å². The molecule has 2 amide bonds. The van der Waals surface area contributed by atoms with Crippen molar-refractivity contribution in [3.8, 4) is 5.75 Å². The average molecular weight is 396 g/mol. The molecule has 3 rings (SSSR count). The molecule has 2 aromatic carbocycles. The molecular weight excluding hydrogens is 366 g/mol. The van der Waals surface area contributed by atoms with Crippen molar-refractivity contribution in [2.75, 3.05) is 44.6 Å². The second-order valence-electron chi connectivity index (χ2n) is 7.59. The maximum absolute atomic E-state index is 12.5. The predicted molar refractivity (Wildman–Crippen MR) is 114 cm³/mol. The molecule has 0 atom stereocenters. The van der Waals surface area contributed by atoms with Gasteiger partial charge in [-0.2, -0.15) is 0 Å². The maximum Gasteiger partial charge on any atom is 0.260 e. The van der Waals surface area contributed by atoms with Crippen LogP contribution in [0.3, 0.4) is 0 Å². The highest BCUT2D eigenvalue weighted by Crippen LogP contribution is 2.20. The SMILES string of the molecule is CC(C)c1cccc(OCC(=O)N2CCN(CC(=O)Nc3ccccc3)CC2)c1. The third-order valence-corrected chi connectivity index (χ3v) is 5.04. The largest absolute Gasteiger partial charge is 0.484 e. The number of nitrogens with zero attached hydrogens (tertiary/aromatic N) is 2. The number of para-hydroxylation sites is 1. The van der Waals surface area contributed by atoms with Gasteiger partial charge in [-0.05, 0) is 35.7 Å². The van der Waals surface area contributed by atoms with Gasteiger partial charge in [0.15, 0.2) is 6.61 Å². The number of piperazine rings is 1. The van der Waals surface area contributed by atoms with Crippen molar-refractivity contribution >= 4 is 17.5 Å². The molecule has 0 radical (unpaired) electrons. The summed E-state index contributed by atoms with van der Waals surface area (Å²) >= 11 is 0. The lowest BCUT2D eigenvalue weighted by Crippen LogP contribution is -2.51. The first-order valence-corrected chi connectivity index (χ1v) is 10.1. The molecule has 0 bridgehead atoms. The van der Waals surface area contributed by atoms with Crippen LogP contribution in [0.25, 0.3) is 0 Å². The summed E-state index contributed by atoms with van der Waals surface area (Å²) in [5.74, 6) is 1.08. The zero-order valence-electron chi connectivity index (χ0n) is 17.1. The van der Waals surface area contributed by atoms with Crippen LogP contribution in [0.15, 0.2) is 54.6 Å². The molecular formula is C23H29N3O3. The van der Waals surface area contributed by atoms with Crippen LogP contribution in [0.4, 0.5) is 5.69 Å². The molecule has 2 aromatic rings. The van der Waals surface area contributed by atoms with E-state index in [0.717, 1.165) is 11.4 Å². The van der Waals surface area contributed by atoms with Crippen molar-refractivity contribution in [1.82, 2.24) is 9.80 Å². The Balaban J connectivity index is 1.40. The molecule has 6 heteroatoms. The van der Waals surface area contributed by atoms with E-state index in [1.165, 1.54) is 5.56 Å². The molecule has 6 nitrogen and oxygen atoms in total. The van der Waals surface area contributed by atoms with Gasteiger partial charge in [-0.15, -0.1) is 0 Å². The number of carbonyl (C=O) groups is 2. The highest BCUT2D eigenvalue weighted by molar-refractivity contribution is 5.92. The van der Waals surface area contributed by atoms with Gasteiger partial charge in [0.25, 0.3) is 5.91 Å². The number of nitrogens with one attached hydrogen (secondary N) is 1. The number of carbonyl (C=O) groups excluding carboxylic acids is 2. The van der Waals surface area contributed by atoms with E-state index < -0.39 is 0 Å². The van der Waals surface area contributed by atoms with Crippen molar-refractivity contribution in [2.45, 2.75) is 19.8 Å². The predicted octanol–water partition coefficient (Wildman–Crippen LogP) is 2.97. The van der Waals surface area contributed by atoms with Gasteiger partial charge < -0.3 is 15.0 Å². The fourth-order valence-electron chi connectivity index (χ4n) is 3.28. The minimum Gasteiger partial charge on any atom is -0.484 e.